The highest BCUT2D eigenvalue weighted by molar-refractivity contribution is 7.85. The Kier molecular flexibility index (Phi) is 13.3. The van der Waals surface area contributed by atoms with Gasteiger partial charge in [0.2, 0.25) is 0 Å². The van der Waals surface area contributed by atoms with Gasteiger partial charge < -0.3 is 9.29 Å². The maximum absolute atomic E-state index is 11.3. The standard InChI is InChI=1S/C23H40O4S/c1-3-4-5-6-7-8-9-10-11-12-13-14-15-16-19-27-22-20-21(2)17-18-23(22)28(24,25)26/h17-18,20H,3-16,19H2,1-2H3,(H,24,25,26)/p-1. The molecule has 0 unspecified atom stereocenters. The first-order valence-corrected chi connectivity index (χ1v) is 12.6. The number of hydrogen-bond donors (Lipinski definition) is 0. The molecule has 0 amide bonds. The minimum absolute atomic E-state index is 0.185. The molecule has 0 spiro atoms. The van der Waals surface area contributed by atoms with Crippen molar-refractivity contribution in [3.05, 3.63) is 23.8 Å². The SMILES string of the molecule is CCCCCCCCCCCCCCCCOc1cc(C)ccc1S(=O)(=O)[O-]. The van der Waals surface area contributed by atoms with Crippen LogP contribution in [0.25, 0.3) is 0 Å². The number of ether oxygens (including phenoxy) is 1. The van der Waals surface area contributed by atoms with Gasteiger partial charge in [0.15, 0.2) is 0 Å². The van der Waals surface area contributed by atoms with Crippen molar-refractivity contribution in [2.75, 3.05) is 6.61 Å². The predicted octanol–water partition coefficient (Wildman–Crippen LogP) is 6.76. The Labute approximate surface area is 172 Å². The van der Waals surface area contributed by atoms with E-state index in [9.17, 15) is 13.0 Å². The fraction of sp³-hybridized carbons (Fsp3) is 0.739. The van der Waals surface area contributed by atoms with Crippen LogP contribution in [0.2, 0.25) is 0 Å². The van der Waals surface area contributed by atoms with Crippen LogP contribution >= 0.6 is 0 Å². The van der Waals surface area contributed by atoms with E-state index in [1.54, 1.807) is 12.1 Å². The van der Waals surface area contributed by atoms with Crippen molar-refractivity contribution >= 4 is 10.1 Å². The quantitative estimate of drug-likeness (QED) is 0.210. The third-order valence-electron chi connectivity index (χ3n) is 5.12. The first-order valence-electron chi connectivity index (χ1n) is 11.1. The number of unbranched alkanes of at least 4 members (excludes halogenated alkanes) is 13. The van der Waals surface area contributed by atoms with Crippen molar-refractivity contribution in [3.8, 4) is 5.75 Å². The molecule has 0 fully saturated rings. The lowest BCUT2D eigenvalue weighted by atomic mass is 10.0. The smallest absolute Gasteiger partial charge is 0.137 e. The van der Waals surface area contributed by atoms with Crippen LogP contribution in [0.1, 0.15) is 102 Å². The summed E-state index contributed by atoms with van der Waals surface area (Å²) in [6.07, 6.45) is 18.0. The Bertz CT molecular complexity index is 625. The van der Waals surface area contributed by atoms with Crippen LogP contribution < -0.4 is 4.74 Å². The molecule has 0 heterocycles. The second kappa shape index (κ2) is 14.9. The fourth-order valence-electron chi connectivity index (χ4n) is 3.41. The van der Waals surface area contributed by atoms with Crippen molar-refractivity contribution in [3.63, 3.8) is 0 Å². The second-order valence-electron chi connectivity index (χ2n) is 7.85. The van der Waals surface area contributed by atoms with Gasteiger partial charge >= 0.3 is 0 Å². The lowest BCUT2D eigenvalue weighted by Gasteiger charge is -2.14. The monoisotopic (exact) mass is 411 g/mol. The van der Waals surface area contributed by atoms with E-state index in [0.29, 0.717) is 6.61 Å². The molecule has 1 aromatic carbocycles. The fourth-order valence-corrected chi connectivity index (χ4v) is 4.01. The van der Waals surface area contributed by atoms with E-state index in [1.807, 2.05) is 6.92 Å². The summed E-state index contributed by atoms with van der Waals surface area (Å²) in [7, 11) is -4.50. The van der Waals surface area contributed by atoms with E-state index < -0.39 is 10.1 Å². The predicted molar refractivity (Wildman–Crippen MR) is 115 cm³/mol. The summed E-state index contributed by atoms with van der Waals surface area (Å²) >= 11 is 0. The van der Waals surface area contributed by atoms with Crippen LogP contribution in [0.5, 0.6) is 5.75 Å². The molecule has 162 valence electrons. The molecule has 0 atom stereocenters. The Balaban J connectivity index is 2.01. The lowest BCUT2D eigenvalue weighted by Crippen LogP contribution is -2.05. The molecular weight excluding hydrogens is 372 g/mol. The van der Waals surface area contributed by atoms with Crippen LogP contribution in [0, 0.1) is 6.92 Å². The largest absolute Gasteiger partial charge is 0.744 e. The van der Waals surface area contributed by atoms with Crippen LogP contribution in [-0.2, 0) is 10.1 Å². The number of hydrogen-bond acceptors (Lipinski definition) is 4. The Morgan fingerprint density at radius 2 is 1.25 bits per heavy atom. The van der Waals surface area contributed by atoms with Gasteiger partial charge in [0.1, 0.15) is 15.9 Å². The van der Waals surface area contributed by atoms with E-state index in [1.165, 1.54) is 83.1 Å². The molecule has 1 rings (SSSR count). The van der Waals surface area contributed by atoms with Crippen molar-refractivity contribution in [2.24, 2.45) is 0 Å². The summed E-state index contributed by atoms with van der Waals surface area (Å²) in [5.74, 6) is 0.185. The van der Waals surface area contributed by atoms with Crippen LogP contribution in [0.3, 0.4) is 0 Å². The molecular formula is C23H39O4S-. The molecule has 0 radical (unpaired) electrons. The molecule has 0 saturated carbocycles. The molecule has 5 heteroatoms. The molecule has 0 saturated heterocycles. The van der Waals surface area contributed by atoms with Gasteiger partial charge in [-0.3, -0.25) is 0 Å². The van der Waals surface area contributed by atoms with Crippen molar-refractivity contribution in [1.29, 1.82) is 0 Å². The van der Waals surface area contributed by atoms with Crippen LogP contribution in [0.15, 0.2) is 23.1 Å². The molecule has 0 aliphatic heterocycles. The highest BCUT2D eigenvalue weighted by Crippen LogP contribution is 2.25. The zero-order valence-corrected chi connectivity index (χ0v) is 18.7. The van der Waals surface area contributed by atoms with Gasteiger partial charge in [-0.05, 0) is 31.0 Å². The summed E-state index contributed by atoms with van der Waals surface area (Å²) < 4.78 is 39.4. The van der Waals surface area contributed by atoms with Crippen LogP contribution in [0.4, 0.5) is 0 Å². The van der Waals surface area contributed by atoms with Crippen molar-refractivity contribution in [1.82, 2.24) is 0 Å². The molecule has 0 bridgehead atoms. The first-order chi connectivity index (χ1) is 13.4. The lowest BCUT2D eigenvalue weighted by molar-refractivity contribution is 0.295. The second-order valence-corrected chi connectivity index (χ2v) is 9.20. The Hall–Kier alpha value is -1.07. The highest BCUT2D eigenvalue weighted by atomic mass is 32.2. The van der Waals surface area contributed by atoms with Gasteiger partial charge in [-0.25, -0.2) is 8.42 Å². The van der Waals surface area contributed by atoms with E-state index >= 15 is 0 Å². The van der Waals surface area contributed by atoms with E-state index in [0.717, 1.165) is 18.4 Å². The number of benzene rings is 1. The molecule has 0 aliphatic rings. The van der Waals surface area contributed by atoms with Gasteiger partial charge in [0.25, 0.3) is 0 Å². The molecule has 28 heavy (non-hydrogen) atoms. The Morgan fingerprint density at radius 3 is 1.71 bits per heavy atom. The van der Waals surface area contributed by atoms with Gasteiger partial charge in [0.05, 0.1) is 11.5 Å². The third-order valence-corrected chi connectivity index (χ3v) is 6.00. The van der Waals surface area contributed by atoms with E-state index in [4.69, 9.17) is 4.74 Å². The number of aryl methyl sites for hydroxylation is 1. The minimum atomic E-state index is -4.50. The van der Waals surface area contributed by atoms with E-state index in [2.05, 4.69) is 6.92 Å². The average Bonchev–Trinajstić information content (AvgIpc) is 2.64. The number of rotatable bonds is 17. The summed E-state index contributed by atoms with van der Waals surface area (Å²) in [5.41, 5.74) is 0.878. The molecule has 1 aromatic rings. The first kappa shape index (κ1) is 25.0. The van der Waals surface area contributed by atoms with Gasteiger partial charge in [-0.2, -0.15) is 0 Å². The third kappa shape index (κ3) is 11.7. The summed E-state index contributed by atoms with van der Waals surface area (Å²) in [5, 5.41) is 0. The van der Waals surface area contributed by atoms with Crippen molar-refractivity contribution < 1.29 is 17.7 Å². The van der Waals surface area contributed by atoms with E-state index in [-0.39, 0.29) is 10.6 Å². The van der Waals surface area contributed by atoms with Gasteiger partial charge in [-0.1, -0.05) is 96.5 Å². The highest BCUT2D eigenvalue weighted by Gasteiger charge is 2.10. The zero-order chi connectivity index (χ0) is 20.7. The molecule has 4 nitrogen and oxygen atoms in total. The normalized spacial score (nSPS) is 11.7. The molecule has 0 aromatic heterocycles. The van der Waals surface area contributed by atoms with Gasteiger partial charge in [-0.15, -0.1) is 0 Å². The van der Waals surface area contributed by atoms with Crippen LogP contribution in [-0.4, -0.2) is 19.6 Å². The summed E-state index contributed by atoms with van der Waals surface area (Å²) in [4.78, 5) is -0.261. The maximum Gasteiger partial charge on any atom is 0.137 e. The van der Waals surface area contributed by atoms with Crippen molar-refractivity contribution in [2.45, 2.75) is 109 Å². The van der Waals surface area contributed by atoms with Gasteiger partial charge in [0, 0.05) is 0 Å². The minimum Gasteiger partial charge on any atom is -0.744 e. The summed E-state index contributed by atoms with van der Waals surface area (Å²) in [6, 6.07) is 4.57. The Morgan fingerprint density at radius 1 is 0.786 bits per heavy atom. The molecule has 0 N–H and O–H groups in total. The summed E-state index contributed by atoms with van der Waals surface area (Å²) in [6.45, 7) is 4.55. The average molecular weight is 412 g/mol. The zero-order valence-electron chi connectivity index (χ0n) is 17.9. The maximum atomic E-state index is 11.3. The topological polar surface area (TPSA) is 66.4 Å². The molecule has 0 aliphatic carbocycles.